The summed E-state index contributed by atoms with van der Waals surface area (Å²) >= 11 is 1.41. The van der Waals surface area contributed by atoms with Gasteiger partial charge in [0.15, 0.2) is 10.8 Å². The Kier molecular flexibility index (Phi) is 19.3. The largest absolute Gasteiger partial charge is 0.503 e. The van der Waals surface area contributed by atoms with E-state index in [1.165, 1.54) is 23.5 Å². The Balaban J connectivity index is 0.680. The molecule has 4 aliphatic carbocycles. The zero-order valence-electron chi connectivity index (χ0n) is 53.9. The van der Waals surface area contributed by atoms with Gasteiger partial charge in [-0.1, -0.05) is 49.4 Å². The smallest absolute Gasteiger partial charge is 0.410 e. The molecule has 13 rings (SSSR count). The predicted octanol–water partition coefficient (Wildman–Crippen LogP) is 9.75. The van der Waals surface area contributed by atoms with Gasteiger partial charge in [-0.15, -0.1) is 0 Å². The molecule has 96 heavy (non-hydrogen) atoms. The molecule has 510 valence electrons. The van der Waals surface area contributed by atoms with Gasteiger partial charge in [0.05, 0.1) is 41.8 Å². The number of nitrogens with zero attached hydrogens (tertiary/aromatic N) is 7. The SMILES string of the molecule is Cc1c(-c2ccc(N3CCc4cccc(C(=O)Nc5nc6ccccc6s5)c4C3)nc2C(=O)O)cnn1CC12CC3(C)C[C@@](C)(C1)C[C@@](OCCN(CCCC(=O)O)C1CCN(C(=O)OCc4ccc(O[C@H]5OC(C(=O)O)=C(O)C(O)=C5O)cc4OCCOCCN)CC1)(C3)C2. The molecule has 1 saturated heterocycles. The number of pyridine rings is 1. The van der Waals surface area contributed by atoms with Crippen LogP contribution in [-0.4, -0.2) is 174 Å². The molecule has 0 radical (unpaired) electrons. The number of nitrogens with two attached hydrogens (primary N) is 1. The number of carbonyl (C=O) groups excluding carboxylic acids is 2. The molecule has 6 heterocycles. The van der Waals surface area contributed by atoms with Crippen molar-refractivity contribution in [3.63, 3.8) is 0 Å². The van der Waals surface area contributed by atoms with Crippen LogP contribution in [0.15, 0.2) is 102 Å². The Morgan fingerprint density at radius 2 is 1.60 bits per heavy atom. The van der Waals surface area contributed by atoms with Crippen LogP contribution in [-0.2, 0) is 54.7 Å². The Morgan fingerprint density at radius 3 is 2.34 bits per heavy atom. The number of aliphatic carboxylic acids is 2. The normalized spacial score (nSPS) is 23.1. The fourth-order valence-electron chi connectivity index (χ4n) is 16.5. The number of anilines is 2. The average Bonchev–Trinajstić information content (AvgIpc) is 0.729. The van der Waals surface area contributed by atoms with Gasteiger partial charge in [0.25, 0.3) is 11.7 Å². The standard InChI is InChI=1S/C69H81N9O17S/c1-41-48(46-15-16-53(73-55(46)61(85)86)77-22-17-42-8-6-9-47(49(42)32-77)60(84)74-64-72-50-10-4-5-11-52(50)96-64)31-71-78(41)40-68-35-66(2)34-67(3,36-68)38-69(37-66,39-68)93-27-25-75(21-7-12-54(79)80)44-18-23-76(24-19-44)65(89)92-33-43-13-14-45(30-51(43)91-29-28-90-26-20-70)94-63-58(83)56(81)57(82)59(95-63)62(87)88/h4-6,8-11,13-16,30-31,44,63,81-83H,7,12,17-29,32-40,70H2,1-3H3,(H,79,80)(H,85,86)(H,87,88)(H,72,74,84)/t63-,66-,67?,68?,69+/m0/s1. The molecule has 7 aliphatic rings. The number of carbonyl (C=O) groups is 5. The number of amides is 2. The van der Waals surface area contributed by atoms with E-state index in [0.717, 1.165) is 65.6 Å². The van der Waals surface area contributed by atoms with E-state index in [0.29, 0.717) is 118 Å². The number of fused-ring (bicyclic) bond motifs is 2. The number of aliphatic hydroxyl groups is 3. The number of ether oxygens (including phenoxy) is 6. The maximum Gasteiger partial charge on any atom is 0.410 e. The molecule has 2 unspecified atom stereocenters. The zero-order chi connectivity index (χ0) is 67.7. The van der Waals surface area contributed by atoms with Crippen molar-refractivity contribution in [1.82, 2.24) is 29.5 Å². The molecule has 5 atom stereocenters. The monoisotopic (exact) mass is 1340 g/mol. The molecule has 5 fully saturated rings. The van der Waals surface area contributed by atoms with Crippen LogP contribution in [0.1, 0.15) is 121 Å². The molecule has 26 nitrogen and oxygen atoms in total. The van der Waals surface area contributed by atoms with Gasteiger partial charge in [0, 0.05) is 92.3 Å². The Labute approximate surface area is 557 Å². The molecule has 4 bridgehead atoms. The Morgan fingerprint density at radius 1 is 0.823 bits per heavy atom. The number of hydrogen-bond donors (Lipinski definition) is 8. The maximum absolute atomic E-state index is 13.8. The molecule has 6 aromatic rings. The third-order valence-electron chi connectivity index (χ3n) is 19.5. The lowest BCUT2D eigenvalue weighted by molar-refractivity contribution is -0.249. The molecule has 2 amide bonds. The molecule has 3 aliphatic heterocycles. The van der Waals surface area contributed by atoms with Crippen molar-refractivity contribution in [2.24, 2.45) is 22.0 Å². The topological polar surface area (TPSA) is 353 Å². The summed E-state index contributed by atoms with van der Waals surface area (Å²) in [5, 5.41) is 68.9. The highest BCUT2D eigenvalue weighted by molar-refractivity contribution is 7.22. The fourth-order valence-corrected chi connectivity index (χ4v) is 17.4. The summed E-state index contributed by atoms with van der Waals surface area (Å²) in [6, 6.07) is 21.5. The number of likely N-dealkylation sites (tertiary alicyclic amines) is 1. The highest BCUT2D eigenvalue weighted by Crippen LogP contribution is 2.72. The van der Waals surface area contributed by atoms with Gasteiger partial charge in [-0.25, -0.2) is 24.4 Å². The predicted molar refractivity (Wildman–Crippen MR) is 351 cm³/mol. The number of carboxylic acid groups (broad SMARTS) is 3. The van der Waals surface area contributed by atoms with Crippen LogP contribution in [0.2, 0.25) is 0 Å². The number of piperidine rings is 1. The number of thiazole rings is 1. The first kappa shape index (κ1) is 67.0. The van der Waals surface area contributed by atoms with E-state index in [1.54, 1.807) is 17.2 Å². The van der Waals surface area contributed by atoms with E-state index in [-0.39, 0.29) is 78.2 Å². The van der Waals surface area contributed by atoms with Gasteiger partial charge in [0.2, 0.25) is 17.3 Å². The number of aromatic nitrogens is 4. The van der Waals surface area contributed by atoms with Crippen LogP contribution in [0.3, 0.4) is 0 Å². The number of para-hydroxylation sites is 1. The van der Waals surface area contributed by atoms with E-state index in [9.17, 15) is 54.6 Å². The van der Waals surface area contributed by atoms with Crippen molar-refractivity contribution < 1.29 is 83.0 Å². The van der Waals surface area contributed by atoms with Crippen molar-refractivity contribution in [2.75, 3.05) is 75.9 Å². The first-order valence-electron chi connectivity index (χ1n) is 32.5. The minimum Gasteiger partial charge on any atom is -0.503 e. The average molecular weight is 1340 g/mol. The van der Waals surface area contributed by atoms with Crippen molar-refractivity contribution in [3.05, 3.63) is 136 Å². The molecular weight excluding hydrogens is 1260 g/mol. The van der Waals surface area contributed by atoms with Gasteiger partial charge in [-0.05, 0) is 148 Å². The van der Waals surface area contributed by atoms with Crippen LogP contribution in [0, 0.1) is 23.2 Å². The summed E-state index contributed by atoms with van der Waals surface area (Å²) in [6.45, 7) is 11.2. The lowest BCUT2D eigenvalue weighted by atomic mass is 9.39. The van der Waals surface area contributed by atoms with E-state index in [1.807, 2.05) is 71.1 Å². The zero-order valence-corrected chi connectivity index (χ0v) is 54.7. The van der Waals surface area contributed by atoms with E-state index < -0.39 is 58.9 Å². The second-order valence-electron chi connectivity index (χ2n) is 27.1. The van der Waals surface area contributed by atoms with Gasteiger partial charge >= 0.3 is 30.3 Å². The number of nitrogens with one attached hydrogen (secondary N) is 1. The first-order chi connectivity index (χ1) is 46.0. The van der Waals surface area contributed by atoms with E-state index in [2.05, 4.69) is 29.0 Å². The third kappa shape index (κ3) is 14.4. The first-order valence-corrected chi connectivity index (χ1v) is 33.3. The molecule has 0 spiro atoms. The number of rotatable bonds is 27. The minimum absolute atomic E-state index is 0.00146. The summed E-state index contributed by atoms with van der Waals surface area (Å²) in [7, 11) is 0. The molecular formula is C69H81N9O17S. The summed E-state index contributed by atoms with van der Waals surface area (Å²) in [5.74, 6) is -7.62. The number of hydrogen-bond acceptors (Lipinski definition) is 21. The van der Waals surface area contributed by atoms with Crippen LogP contribution < -0.4 is 25.4 Å². The summed E-state index contributed by atoms with van der Waals surface area (Å²) in [4.78, 5) is 79.5. The number of benzene rings is 3. The molecule has 27 heteroatoms. The number of aliphatic hydroxyl groups excluding tert-OH is 3. The summed E-state index contributed by atoms with van der Waals surface area (Å²) in [6.07, 6.45) is 7.39. The molecule has 4 saturated carbocycles. The van der Waals surface area contributed by atoms with Gasteiger partial charge < -0.3 is 74.6 Å². The fraction of sp³-hybridized carbons (Fsp3) is 0.478. The van der Waals surface area contributed by atoms with E-state index in [4.69, 9.17) is 44.2 Å². The lowest BCUT2D eigenvalue weighted by Crippen LogP contribution is -2.64. The summed E-state index contributed by atoms with van der Waals surface area (Å²) in [5.41, 5.74) is 10.6. The molecule has 3 aromatic heterocycles. The maximum atomic E-state index is 13.8. The minimum atomic E-state index is -1.84. The second kappa shape index (κ2) is 27.6. The van der Waals surface area contributed by atoms with Gasteiger partial charge in [0.1, 0.15) is 30.5 Å². The molecule has 9 N–H and O–H groups in total. The number of carboxylic acids is 3. The highest BCUT2D eigenvalue weighted by Gasteiger charge is 2.66. The Bertz CT molecular complexity index is 3980. The summed E-state index contributed by atoms with van der Waals surface area (Å²) < 4.78 is 38.3. The molecule has 3 aromatic carbocycles. The van der Waals surface area contributed by atoms with Gasteiger partial charge in [-0.3, -0.25) is 24.5 Å². The van der Waals surface area contributed by atoms with Crippen LogP contribution in [0.5, 0.6) is 11.5 Å². The van der Waals surface area contributed by atoms with Crippen molar-refractivity contribution in [2.45, 2.75) is 129 Å². The highest BCUT2D eigenvalue weighted by atomic mass is 32.1. The quantitative estimate of drug-likeness (QED) is 0.0222. The van der Waals surface area contributed by atoms with Crippen LogP contribution in [0.4, 0.5) is 15.7 Å². The third-order valence-corrected chi connectivity index (χ3v) is 20.5. The van der Waals surface area contributed by atoms with Crippen molar-refractivity contribution >= 4 is 62.4 Å². The Hall–Kier alpha value is -9.02. The van der Waals surface area contributed by atoms with Crippen molar-refractivity contribution in [1.29, 1.82) is 0 Å². The van der Waals surface area contributed by atoms with E-state index >= 15 is 0 Å². The van der Waals surface area contributed by atoms with Crippen LogP contribution >= 0.6 is 11.3 Å². The van der Waals surface area contributed by atoms with Crippen molar-refractivity contribution in [3.8, 4) is 22.6 Å². The van der Waals surface area contributed by atoms with Crippen LogP contribution in [0.25, 0.3) is 21.3 Å². The number of aromatic carboxylic acids is 1. The second-order valence-corrected chi connectivity index (χ2v) is 28.1. The lowest BCUT2D eigenvalue weighted by Gasteiger charge is -2.69. The van der Waals surface area contributed by atoms with Gasteiger partial charge in [-0.2, -0.15) is 5.10 Å².